The number of likely N-dealkylation sites (N-methyl/N-ethyl adjacent to an activating group) is 1. The quantitative estimate of drug-likeness (QED) is 0.446. The van der Waals surface area contributed by atoms with Gasteiger partial charge in [-0.05, 0) is 50.4 Å². The van der Waals surface area contributed by atoms with Gasteiger partial charge in [0, 0.05) is 68.9 Å². The topological polar surface area (TPSA) is 83.6 Å². The molecule has 1 saturated heterocycles. The van der Waals surface area contributed by atoms with Crippen molar-refractivity contribution in [1.29, 1.82) is 0 Å². The Morgan fingerprint density at radius 3 is 2.87 bits per heavy atom. The van der Waals surface area contributed by atoms with Gasteiger partial charge in [0.05, 0.1) is 26.9 Å². The Morgan fingerprint density at radius 2 is 2.11 bits per heavy atom. The van der Waals surface area contributed by atoms with Crippen LogP contribution in [0.25, 0.3) is 0 Å². The number of rotatable bonds is 11. The van der Waals surface area contributed by atoms with Crippen molar-refractivity contribution < 1.29 is 23.8 Å². The number of nitrogens with one attached hydrogen (secondary N) is 1. The monoisotopic (exact) mass is 524 g/mol. The first-order chi connectivity index (χ1) is 18.5. The third-order valence-electron chi connectivity index (χ3n) is 7.20. The predicted octanol–water partition coefficient (Wildman–Crippen LogP) is 2.90. The summed E-state index contributed by atoms with van der Waals surface area (Å²) >= 11 is 0. The Hall–Kier alpha value is -3.30. The molecule has 0 aliphatic carbocycles. The molecule has 0 radical (unpaired) electrons. The molecule has 1 atom stereocenters. The second-order valence-corrected chi connectivity index (χ2v) is 9.88. The van der Waals surface area contributed by atoms with E-state index in [4.69, 9.17) is 14.2 Å². The zero-order valence-corrected chi connectivity index (χ0v) is 22.8. The number of carbonyl (C=O) groups excluding carboxylic acids is 2. The molecule has 3 aliphatic rings. The summed E-state index contributed by atoms with van der Waals surface area (Å²) in [6.45, 7) is 8.03. The van der Waals surface area contributed by atoms with Crippen LogP contribution in [0.4, 0.5) is 0 Å². The molecule has 1 aromatic rings. The molecule has 1 N–H and O–H groups in total. The number of methoxy groups -OCH3 is 1. The molecule has 9 heteroatoms. The van der Waals surface area contributed by atoms with Crippen LogP contribution in [0.3, 0.4) is 0 Å². The molecule has 1 aromatic carbocycles. The highest BCUT2D eigenvalue weighted by Crippen LogP contribution is 2.32. The summed E-state index contributed by atoms with van der Waals surface area (Å²) < 4.78 is 16.6. The standard InChI is InChI=1S/C29H40N4O5/c1-4-38-28-23(7-5-9-26(28)36-3)20-31(2)27(34)11-14-33-13-10-25-24(21-33)19-22(29(35)30-25)8-6-12-32-15-17-37-18-16-32/h5,7,9-11,13-14,22H,4,6,8,12,15-21H2,1-3H3,(H,30,35)/b14-11+. The van der Waals surface area contributed by atoms with Crippen molar-refractivity contribution in [2.45, 2.75) is 32.7 Å². The number of hydrogen-bond acceptors (Lipinski definition) is 7. The normalized spacial score (nSPS) is 19.9. The van der Waals surface area contributed by atoms with E-state index in [1.54, 1.807) is 31.3 Å². The average Bonchev–Trinajstić information content (AvgIpc) is 2.93. The van der Waals surface area contributed by atoms with Crippen LogP contribution in [0.2, 0.25) is 0 Å². The lowest BCUT2D eigenvalue weighted by Crippen LogP contribution is -2.40. The maximum absolute atomic E-state index is 12.9. The van der Waals surface area contributed by atoms with Gasteiger partial charge in [0.2, 0.25) is 11.8 Å². The highest BCUT2D eigenvalue weighted by atomic mass is 16.5. The minimum atomic E-state index is -0.110. The second-order valence-electron chi connectivity index (χ2n) is 9.88. The van der Waals surface area contributed by atoms with E-state index in [9.17, 15) is 9.59 Å². The summed E-state index contributed by atoms with van der Waals surface area (Å²) in [5, 5.41) is 3.08. The highest BCUT2D eigenvalue weighted by molar-refractivity contribution is 5.87. The first kappa shape index (κ1) is 27.7. The minimum Gasteiger partial charge on any atom is -0.493 e. The van der Waals surface area contributed by atoms with Crippen LogP contribution in [-0.2, 0) is 20.9 Å². The number of ether oxygens (including phenoxy) is 3. The summed E-state index contributed by atoms with van der Waals surface area (Å²) in [6, 6.07) is 5.69. The lowest BCUT2D eigenvalue weighted by Gasteiger charge is -2.32. The lowest BCUT2D eigenvalue weighted by atomic mass is 9.88. The van der Waals surface area contributed by atoms with Crippen molar-refractivity contribution in [2.24, 2.45) is 5.92 Å². The molecule has 38 heavy (non-hydrogen) atoms. The molecule has 3 heterocycles. The Morgan fingerprint density at radius 1 is 1.29 bits per heavy atom. The molecule has 3 aliphatic heterocycles. The van der Waals surface area contributed by atoms with Crippen molar-refractivity contribution in [1.82, 2.24) is 20.0 Å². The van der Waals surface area contributed by atoms with Gasteiger partial charge in [0.25, 0.3) is 0 Å². The summed E-state index contributed by atoms with van der Waals surface area (Å²) in [5.41, 5.74) is 2.99. The molecule has 0 spiro atoms. The number of morpholine rings is 1. The van der Waals surface area contributed by atoms with Crippen LogP contribution in [0.5, 0.6) is 11.5 Å². The zero-order chi connectivity index (χ0) is 26.9. The number of para-hydroxylation sites is 1. The van der Waals surface area contributed by atoms with E-state index in [1.165, 1.54) is 5.57 Å². The van der Waals surface area contributed by atoms with Gasteiger partial charge in [-0.1, -0.05) is 12.1 Å². The molecule has 0 bridgehead atoms. The molecule has 1 fully saturated rings. The van der Waals surface area contributed by atoms with E-state index in [2.05, 4.69) is 10.2 Å². The van der Waals surface area contributed by atoms with Crippen LogP contribution < -0.4 is 14.8 Å². The fourth-order valence-electron chi connectivity index (χ4n) is 5.07. The molecule has 0 aromatic heterocycles. The molecule has 9 nitrogen and oxygen atoms in total. The number of nitrogens with zero attached hydrogens (tertiary/aromatic N) is 3. The summed E-state index contributed by atoms with van der Waals surface area (Å²) in [7, 11) is 3.38. The highest BCUT2D eigenvalue weighted by Gasteiger charge is 2.29. The van der Waals surface area contributed by atoms with Crippen molar-refractivity contribution >= 4 is 11.8 Å². The van der Waals surface area contributed by atoms with Gasteiger partial charge in [-0.3, -0.25) is 14.5 Å². The SMILES string of the molecule is CCOc1c(CN(C)C(=O)/C=C/N2C=CC3=C(CC(CCCN4CCOCC4)C(=O)N3)C2)cccc1OC. The number of allylic oxidation sites excluding steroid dienone is 1. The molecular weight excluding hydrogens is 484 g/mol. The zero-order valence-electron chi connectivity index (χ0n) is 22.8. The maximum Gasteiger partial charge on any atom is 0.248 e. The van der Waals surface area contributed by atoms with Gasteiger partial charge >= 0.3 is 0 Å². The van der Waals surface area contributed by atoms with Crippen molar-refractivity contribution in [2.75, 3.05) is 60.2 Å². The minimum absolute atomic E-state index is 0.0118. The third kappa shape index (κ3) is 7.17. The fraction of sp³-hybridized carbons (Fsp3) is 0.517. The maximum atomic E-state index is 12.9. The van der Waals surface area contributed by atoms with E-state index in [0.717, 1.165) is 63.4 Å². The van der Waals surface area contributed by atoms with Gasteiger partial charge in [-0.25, -0.2) is 0 Å². The van der Waals surface area contributed by atoms with Gasteiger partial charge in [0.1, 0.15) is 0 Å². The Kier molecular flexibility index (Phi) is 9.84. The van der Waals surface area contributed by atoms with E-state index in [1.807, 2.05) is 42.3 Å². The molecule has 4 rings (SSSR count). The number of amides is 2. The fourth-order valence-corrected chi connectivity index (χ4v) is 5.07. The Labute approximate surface area is 225 Å². The summed E-state index contributed by atoms with van der Waals surface area (Å²) in [5.74, 6) is 1.31. The first-order valence-corrected chi connectivity index (χ1v) is 13.5. The number of carbonyl (C=O) groups is 2. The van der Waals surface area contributed by atoms with Gasteiger partial charge in [0.15, 0.2) is 11.5 Å². The largest absolute Gasteiger partial charge is 0.493 e. The van der Waals surface area contributed by atoms with Crippen LogP contribution in [0, 0.1) is 5.92 Å². The smallest absolute Gasteiger partial charge is 0.248 e. The molecular formula is C29H40N4O5. The van der Waals surface area contributed by atoms with Crippen molar-refractivity contribution in [3.05, 3.63) is 59.6 Å². The van der Waals surface area contributed by atoms with Gasteiger partial charge < -0.3 is 29.3 Å². The molecule has 2 amide bonds. The number of benzene rings is 1. The van der Waals surface area contributed by atoms with Crippen LogP contribution in [-0.4, -0.2) is 86.7 Å². The molecule has 0 saturated carbocycles. The van der Waals surface area contributed by atoms with Crippen LogP contribution in [0.1, 0.15) is 31.7 Å². The van der Waals surface area contributed by atoms with E-state index in [-0.39, 0.29) is 17.7 Å². The summed E-state index contributed by atoms with van der Waals surface area (Å²) in [6.07, 6.45) is 9.83. The Bertz CT molecular complexity index is 1080. The van der Waals surface area contributed by atoms with E-state index < -0.39 is 0 Å². The van der Waals surface area contributed by atoms with Crippen molar-refractivity contribution in [3.63, 3.8) is 0 Å². The third-order valence-corrected chi connectivity index (χ3v) is 7.20. The number of hydrogen-bond donors (Lipinski definition) is 1. The second kappa shape index (κ2) is 13.5. The average molecular weight is 525 g/mol. The van der Waals surface area contributed by atoms with Crippen LogP contribution >= 0.6 is 0 Å². The molecule has 1 unspecified atom stereocenters. The first-order valence-electron chi connectivity index (χ1n) is 13.5. The molecule has 206 valence electrons. The van der Waals surface area contributed by atoms with Gasteiger partial charge in [-0.15, -0.1) is 0 Å². The summed E-state index contributed by atoms with van der Waals surface area (Å²) in [4.78, 5) is 31.6. The van der Waals surface area contributed by atoms with Gasteiger partial charge in [-0.2, -0.15) is 0 Å². The lowest BCUT2D eigenvalue weighted by molar-refractivity contribution is -0.125. The van der Waals surface area contributed by atoms with E-state index >= 15 is 0 Å². The van der Waals surface area contributed by atoms with Crippen molar-refractivity contribution in [3.8, 4) is 11.5 Å². The predicted molar refractivity (Wildman–Crippen MR) is 145 cm³/mol. The Balaban J connectivity index is 1.29. The van der Waals surface area contributed by atoms with Crippen LogP contribution in [0.15, 0.2) is 54.0 Å². The van der Waals surface area contributed by atoms with E-state index in [0.29, 0.717) is 31.2 Å².